The van der Waals surface area contributed by atoms with Crippen LogP contribution in [0.2, 0.25) is 0 Å². The van der Waals surface area contributed by atoms with Crippen LogP contribution < -0.4 is 15.4 Å². The third-order valence-corrected chi connectivity index (χ3v) is 4.18. The van der Waals surface area contributed by atoms with Crippen molar-refractivity contribution in [3.05, 3.63) is 83.6 Å². The molecule has 3 aromatic rings. The van der Waals surface area contributed by atoms with Gasteiger partial charge < -0.3 is 15.4 Å². The molecule has 0 radical (unpaired) electrons. The highest BCUT2D eigenvalue weighted by Gasteiger charge is 2.08. The largest absolute Gasteiger partial charge is 0.492 e. The number of carbonyl (C=O) groups excluding carboxylic acids is 1. The van der Waals surface area contributed by atoms with Gasteiger partial charge in [0.05, 0.1) is 17.9 Å². The van der Waals surface area contributed by atoms with Crippen LogP contribution in [0.15, 0.2) is 66.9 Å². The first-order valence-corrected chi connectivity index (χ1v) is 8.95. The van der Waals surface area contributed by atoms with E-state index in [0.29, 0.717) is 24.5 Å². The number of benzene rings is 2. The third-order valence-electron chi connectivity index (χ3n) is 4.18. The van der Waals surface area contributed by atoms with Gasteiger partial charge in [-0.25, -0.2) is 4.98 Å². The summed E-state index contributed by atoms with van der Waals surface area (Å²) in [5.74, 6) is 1.27. The second kappa shape index (κ2) is 8.85. The first-order chi connectivity index (χ1) is 13.2. The van der Waals surface area contributed by atoms with Crippen molar-refractivity contribution in [1.82, 2.24) is 10.3 Å². The van der Waals surface area contributed by atoms with Gasteiger partial charge >= 0.3 is 0 Å². The summed E-state index contributed by atoms with van der Waals surface area (Å²) in [6, 6.07) is 19.2. The maximum Gasteiger partial charge on any atom is 0.253 e. The van der Waals surface area contributed by atoms with Gasteiger partial charge in [-0.1, -0.05) is 36.4 Å². The molecule has 0 aliphatic carbocycles. The number of nitrogens with one attached hydrogen (secondary N) is 2. The van der Waals surface area contributed by atoms with Crippen molar-refractivity contribution in [3.8, 4) is 5.75 Å². The Hall–Kier alpha value is -3.34. The van der Waals surface area contributed by atoms with Crippen molar-refractivity contribution in [1.29, 1.82) is 0 Å². The smallest absolute Gasteiger partial charge is 0.253 e. The summed E-state index contributed by atoms with van der Waals surface area (Å²) < 4.78 is 5.60. The van der Waals surface area contributed by atoms with Crippen LogP contribution in [0.5, 0.6) is 5.75 Å². The van der Waals surface area contributed by atoms with Crippen LogP contribution in [0.25, 0.3) is 0 Å². The fraction of sp³-hybridized carbons (Fsp3) is 0.182. The molecule has 1 heterocycles. The van der Waals surface area contributed by atoms with Crippen molar-refractivity contribution in [2.24, 2.45) is 0 Å². The number of aromatic nitrogens is 1. The summed E-state index contributed by atoms with van der Waals surface area (Å²) in [5, 5.41) is 6.15. The lowest BCUT2D eigenvalue weighted by atomic mass is 10.1. The number of aryl methyl sites for hydroxylation is 1. The van der Waals surface area contributed by atoms with Gasteiger partial charge in [0.2, 0.25) is 0 Å². The predicted octanol–water partition coefficient (Wildman–Crippen LogP) is 4.46. The van der Waals surface area contributed by atoms with Crippen molar-refractivity contribution in [2.75, 3.05) is 11.9 Å². The molecule has 0 bridgehead atoms. The average Bonchev–Trinajstić information content (AvgIpc) is 2.69. The second-order valence-electron chi connectivity index (χ2n) is 6.10. The Balaban J connectivity index is 1.63. The highest BCUT2D eigenvalue weighted by Crippen LogP contribution is 2.26. The van der Waals surface area contributed by atoms with Gasteiger partial charge in [0.1, 0.15) is 11.6 Å². The topological polar surface area (TPSA) is 63.2 Å². The molecule has 0 aliphatic rings. The van der Waals surface area contributed by atoms with E-state index >= 15 is 0 Å². The van der Waals surface area contributed by atoms with Crippen molar-refractivity contribution < 1.29 is 9.53 Å². The molecular formula is C22H23N3O2. The van der Waals surface area contributed by atoms with Gasteiger partial charge in [-0.2, -0.15) is 0 Å². The number of ether oxygens (including phenoxy) is 1. The summed E-state index contributed by atoms with van der Waals surface area (Å²) in [5.41, 5.74) is 3.61. The number of hydrogen-bond acceptors (Lipinski definition) is 4. The van der Waals surface area contributed by atoms with E-state index in [1.807, 2.05) is 62.4 Å². The standard InChI is InChI=1S/C22H23N3O2/c1-3-27-20-11-7-6-10-19(20)25-21-13-12-18(15-23-21)22(26)24-14-17-9-5-4-8-16(17)2/h4-13,15H,3,14H2,1-2H3,(H,23,25)(H,24,26). The maximum absolute atomic E-state index is 12.3. The van der Waals surface area contributed by atoms with E-state index in [9.17, 15) is 4.79 Å². The SMILES string of the molecule is CCOc1ccccc1Nc1ccc(C(=O)NCc2ccccc2C)cn1. The molecule has 3 rings (SSSR count). The zero-order chi connectivity index (χ0) is 19.1. The van der Waals surface area contributed by atoms with Crippen LogP contribution in [0.4, 0.5) is 11.5 Å². The number of para-hydroxylation sites is 2. The molecule has 1 aromatic heterocycles. The van der Waals surface area contributed by atoms with Crippen LogP contribution in [-0.4, -0.2) is 17.5 Å². The molecular weight excluding hydrogens is 338 g/mol. The van der Waals surface area contributed by atoms with E-state index in [1.54, 1.807) is 18.3 Å². The van der Waals surface area contributed by atoms with E-state index in [4.69, 9.17) is 4.74 Å². The van der Waals surface area contributed by atoms with Gasteiger partial charge in [-0.15, -0.1) is 0 Å². The van der Waals surface area contributed by atoms with Crippen LogP contribution in [-0.2, 0) is 6.54 Å². The van der Waals surface area contributed by atoms with Gasteiger partial charge in [-0.05, 0) is 49.2 Å². The first-order valence-electron chi connectivity index (χ1n) is 8.95. The fourth-order valence-electron chi connectivity index (χ4n) is 2.68. The highest BCUT2D eigenvalue weighted by atomic mass is 16.5. The molecule has 0 fully saturated rings. The molecule has 2 aromatic carbocycles. The van der Waals surface area contributed by atoms with Gasteiger partial charge in [0.25, 0.3) is 5.91 Å². The van der Waals surface area contributed by atoms with E-state index in [1.165, 1.54) is 0 Å². The molecule has 1 amide bonds. The minimum atomic E-state index is -0.146. The Kier molecular flexibility index (Phi) is 6.05. The maximum atomic E-state index is 12.3. The Labute approximate surface area is 159 Å². The first kappa shape index (κ1) is 18.5. The minimum Gasteiger partial charge on any atom is -0.492 e. The molecule has 2 N–H and O–H groups in total. The second-order valence-corrected chi connectivity index (χ2v) is 6.10. The quantitative estimate of drug-likeness (QED) is 0.652. The Morgan fingerprint density at radius 2 is 1.81 bits per heavy atom. The number of anilines is 2. The molecule has 0 atom stereocenters. The van der Waals surface area contributed by atoms with Crippen molar-refractivity contribution in [3.63, 3.8) is 0 Å². The average molecular weight is 361 g/mol. The normalized spacial score (nSPS) is 10.3. The summed E-state index contributed by atoms with van der Waals surface area (Å²) in [6.45, 7) is 5.06. The van der Waals surface area contributed by atoms with Gasteiger partial charge in [0.15, 0.2) is 0 Å². The van der Waals surface area contributed by atoms with E-state index in [-0.39, 0.29) is 5.91 Å². The molecule has 0 spiro atoms. The predicted molar refractivity (Wildman–Crippen MR) is 107 cm³/mol. The molecule has 0 saturated carbocycles. The van der Waals surface area contributed by atoms with E-state index < -0.39 is 0 Å². The lowest BCUT2D eigenvalue weighted by Gasteiger charge is -2.12. The molecule has 0 saturated heterocycles. The molecule has 27 heavy (non-hydrogen) atoms. The van der Waals surface area contributed by atoms with Crippen molar-refractivity contribution >= 4 is 17.4 Å². The Morgan fingerprint density at radius 3 is 2.56 bits per heavy atom. The lowest BCUT2D eigenvalue weighted by Crippen LogP contribution is -2.23. The molecule has 5 nitrogen and oxygen atoms in total. The summed E-state index contributed by atoms with van der Waals surface area (Å²) in [6.07, 6.45) is 1.57. The summed E-state index contributed by atoms with van der Waals surface area (Å²) >= 11 is 0. The molecule has 138 valence electrons. The molecule has 0 unspecified atom stereocenters. The van der Waals surface area contributed by atoms with E-state index in [2.05, 4.69) is 15.6 Å². The Bertz CT molecular complexity index is 907. The zero-order valence-corrected chi connectivity index (χ0v) is 15.5. The summed E-state index contributed by atoms with van der Waals surface area (Å²) in [7, 11) is 0. The highest BCUT2D eigenvalue weighted by molar-refractivity contribution is 5.94. The zero-order valence-electron chi connectivity index (χ0n) is 15.5. The van der Waals surface area contributed by atoms with Gasteiger partial charge in [-0.3, -0.25) is 4.79 Å². The van der Waals surface area contributed by atoms with Crippen LogP contribution >= 0.6 is 0 Å². The van der Waals surface area contributed by atoms with Crippen LogP contribution in [0.3, 0.4) is 0 Å². The lowest BCUT2D eigenvalue weighted by molar-refractivity contribution is 0.0950. The number of amides is 1. The summed E-state index contributed by atoms with van der Waals surface area (Å²) in [4.78, 5) is 16.7. The number of hydrogen-bond donors (Lipinski definition) is 2. The molecule has 5 heteroatoms. The number of pyridine rings is 1. The monoisotopic (exact) mass is 361 g/mol. The van der Waals surface area contributed by atoms with E-state index in [0.717, 1.165) is 22.6 Å². The number of rotatable bonds is 7. The van der Waals surface area contributed by atoms with Crippen molar-refractivity contribution in [2.45, 2.75) is 20.4 Å². The molecule has 0 aliphatic heterocycles. The van der Waals surface area contributed by atoms with Gasteiger partial charge in [0, 0.05) is 12.7 Å². The Morgan fingerprint density at radius 1 is 1.04 bits per heavy atom. The van der Waals surface area contributed by atoms with Crippen LogP contribution in [0, 0.1) is 6.92 Å². The third kappa shape index (κ3) is 4.85. The number of nitrogens with zero attached hydrogens (tertiary/aromatic N) is 1. The minimum absolute atomic E-state index is 0.146. The van der Waals surface area contributed by atoms with Crippen LogP contribution in [0.1, 0.15) is 28.4 Å². The number of carbonyl (C=O) groups is 1. The fourth-order valence-corrected chi connectivity index (χ4v) is 2.68.